The third-order valence-electron chi connectivity index (χ3n) is 3.45. The fraction of sp³-hybridized carbons (Fsp3) is 1.00. The van der Waals surface area contributed by atoms with Gasteiger partial charge in [0.25, 0.3) is 0 Å². The Morgan fingerprint density at radius 1 is 1.31 bits per heavy atom. The lowest BCUT2D eigenvalue weighted by Crippen LogP contribution is -2.55. The van der Waals surface area contributed by atoms with Crippen molar-refractivity contribution in [3.05, 3.63) is 0 Å². The largest absolute Gasteiger partial charge is 0.298 e. The van der Waals surface area contributed by atoms with E-state index in [0.29, 0.717) is 6.04 Å². The summed E-state index contributed by atoms with van der Waals surface area (Å²) in [5.41, 5.74) is 3.47. The Hall–Kier alpha value is -0.120. The molecule has 3 heteroatoms. The van der Waals surface area contributed by atoms with Crippen molar-refractivity contribution in [2.45, 2.75) is 32.9 Å². The number of nitrogens with zero attached hydrogens (tertiary/aromatic N) is 2. The molecule has 2 aliphatic rings. The minimum absolute atomic E-state index is 0.704. The van der Waals surface area contributed by atoms with Crippen LogP contribution in [0.3, 0.4) is 0 Å². The van der Waals surface area contributed by atoms with Gasteiger partial charge in [-0.1, -0.05) is 6.92 Å². The van der Waals surface area contributed by atoms with Crippen molar-refractivity contribution < 1.29 is 0 Å². The van der Waals surface area contributed by atoms with E-state index in [0.717, 1.165) is 18.5 Å². The van der Waals surface area contributed by atoms with Crippen LogP contribution in [0.5, 0.6) is 0 Å². The van der Waals surface area contributed by atoms with Crippen LogP contribution in [0.15, 0.2) is 0 Å². The molecular weight excluding hydrogens is 162 g/mol. The van der Waals surface area contributed by atoms with Crippen LogP contribution in [0, 0.1) is 5.92 Å². The highest BCUT2D eigenvalue weighted by Gasteiger charge is 2.35. The van der Waals surface area contributed by atoms with Crippen LogP contribution < -0.4 is 5.43 Å². The lowest BCUT2D eigenvalue weighted by molar-refractivity contribution is 0.0466. The number of fused-ring (bicyclic) bond motifs is 1. The van der Waals surface area contributed by atoms with E-state index in [1.54, 1.807) is 0 Å². The van der Waals surface area contributed by atoms with Gasteiger partial charge in [0.1, 0.15) is 0 Å². The van der Waals surface area contributed by atoms with Gasteiger partial charge in [-0.2, -0.15) is 0 Å². The molecule has 76 valence electrons. The molecule has 0 aromatic heterocycles. The van der Waals surface area contributed by atoms with Gasteiger partial charge in [0.2, 0.25) is 0 Å². The molecule has 0 aromatic carbocycles. The van der Waals surface area contributed by atoms with Gasteiger partial charge < -0.3 is 0 Å². The fourth-order valence-corrected chi connectivity index (χ4v) is 2.38. The Morgan fingerprint density at radius 3 is 2.77 bits per heavy atom. The summed E-state index contributed by atoms with van der Waals surface area (Å²) in [4.78, 5) is 2.59. The second-order valence-corrected chi connectivity index (χ2v) is 4.69. The number of piperazine rings is 1. The molecule has 0 bridgehead atoms. The predicted octanol–water partition coefficient (Wildman–Crippen LogP) is 0.535. The molecule has 2 rings (SSSR count). The first-order chi connectivity index (χ1) is 6.18. The second-order valence-electron chi connectivity index (χ2n) is 4.69. The summed E-state index contributed by atoms with van der Waals surface area (Å²) in [6.45, 7) is 11.7. The van der Waals surface area contributed by atoms with Crippen LogP contribution in [-0.4, -0.2) is 48.2 Å². The van der Waals surface area contributed by atoms with Crippen molar-refractivity contribution in [2.24, 2.45) is 5.92 Å². The normalized spacial score (nSPS) is 36.9. The highest BCUT2D eigenvalue weighted by molar-refractivity contribution is 4.89. The summed E-state index contributed by atoms with van der Waals surface area (Å²) in [5.74, 6) is 0.807. The van der Waals surface area contributed by atoms with E-state index < -0.39 is 0 Å². The van der Waals surface area contributed by atoms with Crippen LogP contribution in [-0.2, 0) is 0 Å². The van der Waals surface area contributed by atoms with Gasteiger partial charge in [0, 0.05) is 38.3 Å². The molecule has 1 N–H and O–H groups in total. The molecule has 0 saturated carbocycles. The van der Waals surface area contributed by atoms with Crippen LogP contribution in [0.25, 0.3) is 0 Å². The van der Waals surface area contributed by atoms with Crippen molar-refractivity contribution in [1.82, 2.24) is 15.3 Å². The standard InChI is InChI=1S/C10H21N3/c1-8(2)12-4-5-13-10(7-12)9(3)6-11-13/h8-11H,4-7H2,1-3H3. The molecule has 13 heavy (non-hydrogen) atoms. The van der Waals surface area contributed by atoms with E-state index in [9.17, 15) is 0 Å². The Kier molecular flexibility index (Phi) is 2.58. The maximum absolute atomic E-state index is 3.47. The van der Waals surface area contributed by atoms with Crippen LogP contribution in [0.1, 0.15) is 20.8 Å². The second kappa shape index (κ2) is 3.56. The van der Waals surface area contributed by atoms with Gasteiger partial charge in [0.15, 0.2) is 0 Å². The quantitative estimate of drug-likeness (QED) is 0.640. The maximum atomic E-state index is 3.47. The molecular formula is C10H21N3. The number of hydrazine groups is 1. The molecule has 0 aliphatic carbocycles. The smallest absolute Gasteiger partial charge is 0.0409 e. The van der Waals surface area contributed by atoms with Gasteiger partial charge >= 0.3 is 0 Å². The van der Waals surface area contributed by atoms with E-state index in [1.807, 2.05) is 0 Å². The summed E-state index contributed by atoms with van der Waals surface area (Å²) >= 11 is 0. The Labute approximate surface area is 81.1 Å². The maximum Gasteiger partial charge on any atom is 0.0409 e. The van der Waals surface area contributed by atoms with Crippen molar-refractivity contribution in [1.29, 1.82) is 0 Å². The molecule has 0 amide bonds. The first-order valence-corrected chi connectivity index (χ1v) is 5.42. The number of hydrogen-bond acceptors (Lipinski definition) is 3. The minimum atomic E-state index is 0.704. The monoisotopic (exact) mass is 183 g/mol. The third-order valence-corrected chi connectivity index (χ3v) is 3.45. The molecule has 2 unspecified atom stereocenters. The van der Waals surface area contributed by atoms with E-state index >= 15 is 0 Å². The van der Waals surface area contributed by atoms with Gasteiger partial charge in [0.05, 0.1) is 0 Å². The highest BCUT2D eigenvalue weighted by Crippen LogP contribution is 2.21. The molecule has 2 saturated heterocycles. The zero-order chi connectivity index (χ0) is 9.42. The van der Waals surface area contributed by atoms with Crippen LogP contribution in [0.4, 0.5) is 0 Å². The first-order valence-electron chi connectivity index (χ1n) is 5.42. The Bertz CT molecular complexity index is 181. The molecule has 0 aromatic rings. The van der Waals surface area contributed by atoms with Crippen LogP contribution >= 0.6 is 0 Å². The zero-order valence-electron chi connectivity index (χ0n) is 8.95. The van der Waals surface area contributed by atoms with Crippen molar-refractivity contribution >= 4 is 0 Å². The Morgan fingerprint density at radius 2 is 2.08 bits per heavy atom. The molecule has 0 radical (unpaired) electrons. The lowest BCUT2D eigenvalue weighted by Gasteiger charge is -2.40. The summed E-state index contributed by atoms with van der Waals surface area (Å²) in [6.07, 6.45) is 0. The minimum Gasteiger partial charge on any atom is -0.298 e. The van der Waals surface area contributed by atoms with E-state index in [4.69, 9.17) is 0 Å². The highest BCUT2D eigenvalue weighted by atomic mass is 15.6. The van der Waals surface area contributed by atoms with Crippen molar-refractivity contribution in [3.63, 3.8) is 0 Å². The van der Waals surface area contributed by atoms with Gasteiger partial charge in [-0.15, -0.1) is 0 Å². The summed E-state index contributed by atoms with van der Waals surface area (Å²) < 4.78 is 0. The van der Waals surface area contributed by atoms with Crippen molar-refractivity contribution in [3.8, 4) is 0 Å². The van der Waals surface area contributed by atoms with Gasteiger partial charge in [-0.05, 0) is 19.8 Å². The zero-order valence-corrected chi connectivity index (χ0v) is 8.95. The Balaban J connectivity index is 1.97. The fourth-order valence-electron chi connectivity index (χ4n) is 2.38. The molecule has 2 atom stereocenters. The van der Waals surface area contributed by atoms with Gasteiger partial charge in [-0.3, -0.25) is 10.3 Å². The molecule has 2 aliphatic heterocycles. The topological polar surface area (TPSA) is 18.5 Å². The summed E-state index contributed by atoms with van der Waals surface area (Å²) in [5, 5.41) is 2.43. The molecule has 3 nitrogen and oxygen atoms in total. The number of rotatable bonds is 1. The van der Waals surface area contributed by atoms with Crippen LogP contribution in [0.2, 0.25) is 0 Å². The molecule has 2 fully saturated rings. The molecule has 0 spiro atoms. The number of nitrogens with one attached hydrogen (secondary N) is 1. The molecule has 2 heterocycles. The third kappa shape index (κ3) is 1.73. The average molecular weight is 183 g/mol. The summed E-state index contributed by atoms with van der Waals surface area (Å²) in [7, 11) is 0. The van der Waals surface area contributed by atoms with E-state index in [2.05, 4.69) is 36.1 Å². The lowest BCUT2D eigenvalue weighted by atomic mass is 10.0. The average Bonchev–Trinajstić information content (AvgIpc) is 2.47. The number of hydrogen-bond donors (Lipinski definition) is 1. The van der Waals surface area contributed by atoms with E-state index in [1.165, 1.54) is 19.6 Å². The predicted molar refractivity (Wildman–Crippen MR) is 54.4 cm³/mol. The SMILES string of the molecule is CC1CNN2CCN(C(C)C)CC12. The summed E-state index contributed by atoms with van der Waals surface area (Å²) in [6, 6.07) is 1.45. The first kappa shape index (κ1) is 9.44. The van der Waals surface area contributed by atoms with Gasteiger partial charge in [-0.25, -0.2) is 5.01 Å². The van der Waals surface area contributed by atoms with Crippen molar-refractivity contribution in [2.75, 3.05) is 26.2 Å². The van der Waals surface area contributed by atoms with E-state index in [-0.39, 0.29) is 0 Å².